The first-order chi connectivity index (χ1) is 7.37. The van der Waals surface area contributed by atoms with Crippen molar-refractivity contribution in [2.75, 3.05) is 0 Å². The normalized spacial score (nSPS) is 13.8. The molecule has 1 N–H and O–H groups in total. The Morgan fingerprint density at radius 1 is 1.25 bits per heavy atom. The Labute approximate surface area is 96.4 Å². The van der Waals surface area contributed by atoms with Gasteiger partial charge in [-0.05, 0) is 18.1 Å². The molecule has 1 atom stereocenters. The maximum Gasteiger partial charge on any atom is 0.204 e. The van der Waals surface area contributed by atoms with Gasteiger partial charge in [-0.3, -0.25) is 0 Å². The predicted molar refractivity (Wildman–Crippen MR) is 63.6 cm³/mol. The number of hydrogen-bond donors (Lipinski definition) is 1. The summed E-state index contributed by atoms with van der Waals surface area (Å²) in [5, 5.41) is 9.71. The first-order valence-electron chi connectivity index (χ1n) is 5.04. The van der Waals surface area contributed by atoms with Crippen molar-refractivity contribution in [1.29, 1.82) is 0 Å². The third kappa shape index (κ3) is 2.51. The number of rotatable bonds is 4. The topological polar surface area (TPSA) is 54.4 Å². The molecular formula is C12H16O3S. The molecular weight excluding hydrogens is 224 g/mol. The lowest BCUT2D eigenvalue weighted by molar-refractivity contribution is 0.167. The van der Waals surface area contributed by atoms with Crippen LogP contribution in [-0.4, -0.2) is 19.6 Å². The summed E-state index contributed by atoms with van der Waals surface area (Å²) >= 11 is 0. The fourth-order valence-electron chi connectivity index (χ4n) is 1.28. The number of aliphatic hydroxyl groups is 1. The van der Waals surface area contributed by atoms with E-state index >= 15 is 0 Å². The molecule has 3 nitrogen and oxygen atoms in total. The van der Waals surface area contributed by atoms with Crippen molar-refractivity contribution in [2.45, 2.75) is 24.8 Å². The molecule has 1 aromatic rings. The standard InChI is InChI=1S/C12H16O3S/c1-9(2)12(13)10(3)16(14,15)11-7-5-4-6-8-11/h4-9,12-13H,3H2,1-2H3/t12-/m0/s1. The highest BCUT2D eigenvalue weighted by molar-refractivity contribution is 7.95. The van der Waals surface area contributed by atoms with E-state index in [0.29, 0.717) is 0 Å². The summed E-state index contributed by atoms with van der Waals surface area (Å²) in [4.78, 5) is 0.0217. The molecule has 4 heteroatoms. The molecule has 0 fully saturated rings. The summed E-state index contributed by atoms with van der Waals surface area (Å²) < 4.78 is 24.0. The van der Waals surface area contributed by atoms with Crippen molar-refractivity contribution in [1.82, 2.24) is 0 Å². The van der Waals surface area contributed by atoms with Crippen LogP contribution in [0.3, 0.4) is 0 Å². The second kappa shape index (κ2) is 4.80. The van der Waals surface area contributed by atoms with E-state index in [1.807, 2.05) is 0 Å². The molecule has 0 aliphatic carbocycles. The van der Waals surface area contributed by atoms with E-state index in [1.165, 1.54) is 12.1 Å². The summed E-state index contributed by atoms with van der Waals surface area (Å²) in [6.45, 7) is 6.98. The van der Waals surface area contributed by atoms with Crippen molar-refractivity contribution < 1.29 is 13.5 Å². The summed E-state index contributed by atoms with van der Waals surface area (Å²) in [6.07, 6.45) is -1.04. The summed E-state index contributed by atoms with van der Waals surface area (Å²) in [5.41, 5.74) is 0. The molecule has 0 aliphatic rings. The van der Waals surface area contributed by atoms with Crippen LogP contribution in [0.4, 0.5) is 0 Å². The Bertz CT molecular complexity index is 460. The number of aliphatic hydroxyl groups excluding tert-OH is 1. The minimum atomic E-state index is -3.63. The molecule has 0 unspecified atom stereocenters. The van der Waals surface area contributed by atoms with Crippen LogP contribution in [0.15, 0.2) is 46.7 Å². The van der Waals surface area contributed by atoms with Crippen molar-refractivity contribution in [3.8, 4) is 0 Å². The van der Waals surface area contributed by atoms with Gasteiger partial charge in [0, 0.05) is 0 Å². The van der Waals surface area contributed by atoms with Gasteiger partial charge in [-0.25, -0.2) is 8.42 Å². The lowest BCUT2D eigenvalue weighted by atomic mass is 10.1. The molecule has 0 aliphatic heterocycles. The molecule has 0 saturated carbocycles. The van der Waals surface area contributed by atoms with Gasteiger partial charge in [0.05, 0.1) is 15.9 Å². The number of sulfone groups is 1. The van der Waals surface area contributed by atoms with Crippen LogP contribution in [0.2, 0.25) is 0 Å². The first kappa shape index (κ1) is 12.9. The van der Waals surface area contributed by atoms with Gasteiger partial charge in [-0.1, -0.05) is 38.6 Å². The maximum absolute atomic E-state index is 12.0. The van der Waals surface area contributed by atoms with Crippen molar-refractivity contribution in [3.63, 3.8) is 0 Å². The quantitative estimate of drug-likeness (QED) is 0.875. The number of hydrogen-bond acceptors (Lipinski definition) is 3. The molecule has 88 valence electrons. The Balaban J connectivity index is 3.10. The second-order valence-corrected chi connectivity index (χ2v) is 5.97. The van der Waals surface area contributed by atoms with E-state index in [1.54, 1.807) is 32.0 Å². The third-order valence-corrected chi connectivity index (χ3v) is 4.18. The van der Waals surface area contributed by atoms with Gasteiger partial charge >= 0.3 is 0 Å². The Morgan fingerprint density at radius 3 is 2.19 bits per heavy atom. The van der Waals surface area contributed by atoms with E-state index < -0.39 is 15.9 Å². The minimum Gasteiger partial charge on any atom is -0.387 e. The molecule has 1 aromatic carbocycles. The largest absolute Gasteiger partial charge is 0.387 e. The van der Waals surface area contributed by atoms with Gasteiger partial charge in [-0.2, -0.15) is 0 Å². The molecule has 0 amide bonds. The Kier molecular flexibility index (Phi) is 3.88. The lowest BCUT2D eigenvalue weighted by Crippen LogP contribution is -2.22. The van der Waals surface area contributed by atoms with E-state index in [2.05, 4.69) is 6.58 Å². The fraction of sp³-hybridized carbons (Fsp3) is 0.333. The second-order valence-electron chi connectivity index (χ2n) is 3.97. The van der Waals surface area contributed by atoms with Crippen LogP contribution < -0.4 is 0 Å². The van der Waals surface area contributed by atoms with E-state index in [-0.39, 0.29) is 15.7 Å². The Morgan fingerprint density at radius 2 is 1.75 bits per heavy atom. The number of benzene rings is 1. The van der Waals surface area contributed by atoms with Crippen LogP contribution >= 0.6 is 0 Å². The van der Waals surface area contributed by atoms with Crippen LogP contribution in [0.5, 0.6) is 0 Å². The SMILES string of the molecule is C=C([C@@H](O)C(C)C)S(=O)(=O)c1ccccc1. The van der Waals surface area contributed by atoms with Crippen LogP contribution in [0.1, 0.15) is 13.8 Å². The zero-order chi connectivity index (χ0) is 12.3. The highest BCUT2D eigenvalue weighted by atomic mass is 32.2. The Hall–Kier alpha value is -1.13. The minimum absolute atomic E-state index is 0.145. The average molecular weight is 240 g/mol. The van der Waals surface area contributed by atoms with Crippen molar-refractivity contribution >= 4 is 9.84 Å². The summed E-state index contributed by atoms with van der Waals surface area (Å²) in [7, 11) is -3.63. The average Bonchev–Trinajstić information content (AvgIpc) is 2.28. The van der Waals surface area contributed by atoms with Gasteiger partial charge in [0.1, 0.15) is 0 Å². The van der Waals surface area contributed by atoms with Gasteiger partial charge in [-0.15, -0.1) is 0 Å². The highest BCUT2D eigenvalue weighted by Gasteiger charge is 2.26. The monoisotopic (exact) mass is 240 g/mol. The van der Waals surface area contributed by atoms with Crippen LogP contribution in [-0.2, 0) is 9.84 Å². The van der Waals surface area contributed by atoms with Crippen molar-refractivity contribution in [2.24, 2.45) is 5.92 Å². The molecule has 0 aromatic heterocycles. The molecule has 0 radical (unpaired) electrons. The molecule has 1 rings (SSSR count). The zero-order valence-corrected chi connectivity index (χ0v) is 10.2. The summed E-state index contributed by atoms with van der Waals surface area (Å²) in [5.74, 6) is -0.175. The first-order valence-corrected chi connectivity index (χ1v) is 6.52. The van der Waals surface area contributed by atoms with Crippen LogP contribution in [0, 0.1) is 5.92 Å². The smallest absolute Gasteiger partial charge is 0.204 e. The molecule has 0 saturated heterocycles. The van der Waals surface area contributed by atoms with Gasteiger partial charge in [0.2, 0.25) is 9.84 Å². The molecule has 16 heavy (non-hydrogen) atoms. The van der Waals surface area contributed by atoms with Gasteiger partial charge in [0.15, 0.2) is 0 Å². The third-order valence-electron chi connectivity index (χ3n) is 2.36. The molecule has 0 spiro atoms. The van der Waals surface area contributed by atoms with E-state index in [0.717, 1.165) is 0 Å². The maximum atomic E-state index is 12.0. The van der Waals surface area contributed by atoms with Crippen LogP contribution in [0.25, 0.3) is 0 Å². The summed E-state index contributed by atoms with van der Waals surface area (Å²) in [6, 6.07) is 8.01. The fourth-order valence-corrected chi connectivity index (χ4v) is 2.69. The van der Waals surface area contributed by atoms with E-state index in [9.17, 15) is 13.5 Å². The van der Waals surface area contributed by atoms with E-state index in [4.69, 9.17) is 0 Å². The van der Waals surface area contributed by atoms with Crippen molar-refractivity contribution in [3.05, 3.63) is 41.8 Å². The molecule has 0 heterocycles. The zero-order valence-electron chi connectivity index (χ0n) is 9.42. The highest BCUT2D eigenvalue weighted by Crippen LogP contribution is 2.23. The van der Waals surface area contributed by atoms with Gasteiger partial charge < -0.3 is 5.11 Å². The van der Waals surface area contributed by atoms with Gasteiger partial charge in [0.25, 0.3) is 0 Å². The lowest BCUT2D eigenvalue weighted by Gasteiger charge is -2.17. The molecule has 0 bridgehead atoms. The predicted octanol–water partition coefficient (Wildman–Crippen LogP) is 1.99.